The molecule has 9 heteroatoms. The Kier molecular flexibility index (Phi) is 5.72. The van der Waals surface area contributed by atoms with Gasteiger partial charge in [-0.2, -0.15) is 8.78 Å². The van der Waals surface area contributed by atoms with Crippen LogP contribution in [0.3, 0.4) is 0 Å². The van der Waals surface area contributed by atoms with Crippen LogP contribution in [0.4, 0.5) is 13.6 Å². The fourth-order valence-electron chi connectivity index (χ4n) is 2.65. The van der Waals surface area contributed by atoms with Crippen LogP contribution in [0.5, 0.6) is 5.75 Å². The molecule has 1 aliphatic heterocycles. The predicted molar refractivity (Wildman–Crippen MR) is 93.2 cm³/mol. The van der Waals surface area contributed by atoms with Gasteiger partial charge < -0.3 is 15.4 Å². The lowest BCUT2D eigenvalue weighted by atomic mass is 9.92. The van der Waals surface area contributed by atoms with Crippen molar-refractivity contribution in [1.29, 1.82) is 0 Å². The zero-order valence-electron chi connectivity index (χ0n) is 15.6. The van der Waals surface area contributed by atoms with Crippen LogP contribution in [0, 0.1) is 0 Å². The molecule has 0 spiro atoms. The number of hydrogen-bond donors (Lipinski definition) is 2. The summed E-state index contributed by atoms with van der Waals surface area (Å²) in [5.41, 5.74) is -1.47. The number of halogens is 2. The number of imide groups is 1. The van der Waals surface area contributed by atoms with Crippen LogP contribution in [0.15, 0.2) is 24.3 Å². The molecule has 0 aromatic heterocycles. The van der Waals surface area contributed by atoms with Crippen molar-refractivity contribution in [2.24, 2.45) is 0 Å². The highest BCUT2D eigenvalue weighted by Gasteiger charge is 2.49. The highest BCUT2D eigenvalue weighted by atomic mass is 19.3. The van der Waals surface area contributed by atoms with Crippen LogP contribution in [0.2, 0.25) is 0 Å². The molecule has 1 fully saturated rings. The largest absolute Gasteiger partial charge is 0.435 e. The minimum Gasteiger partial charge on any atom is -0.435 e. The number of carbonyl (C=O) groups excluding carboxylic acids is 3. The lowest BCUT2D eigenvalue weighted by Gasteiger charge is -2.26. The van der Waals surface area contributed by atoms with Crippen molar-refractivity contribution < 1.29 is 27.9 Å². The Morgan fingerprint density at radius 2 is 1.89 bits per heavy atom. The average molecular weight is 383 g/mol. The summed E-state index contributed by atoms with van der Waals surface area (Å²) < 4.78 is 28.8. The van der Waals surface area contributed by atoms with E-state index in [0.717, 1.165) is 4.90 Å². The Morgan fingerprint density at radius 3 is 2.41 bits per heavy atom. The van der Waals surface area contributed by atoms with E-state index in [2.05, 4.69) is 15.4 Å². The Bertz CT molecular complexity index is 737. The summed E-state index contributed by atoms with van der Waals surface area (Å²) in [6.07, 6.45) is 0.684. The molecule has 1 saturated heterocycles. The number of nitrogens with zero attached hydrogens (tertiary/aromatic N) is 1. The second-order valence-electron chi connectivity index (χ2n) is 7.13. The zero-order chi connectivity index (χ0) is 20.4. The molecule has 0 aliphatic carbocycles. The lowest BCUT2D eigenvalue weighted by molar-refractivity contribution is -0.135. The van der Waals surface area contributed by atoms with Gasteiger partial charge in [0.2, 0.25) is 5.91 Å². The van der Waals surface area contributed by atoms with Crippen molar-refractivity contribution in [3.05, 3.63) is 29.8 Å². The second-order valence-corrected chi connectivity index (χ2v) is 7.13. The van der Waals surface area contributed by atoms with Crippen LogP contribution in [-0.2, 0) is 15.1 Å². The molecule has 0 bridgehead atoms. The quantitative estimate of drug-likeness (QED) is 0.708. The van der Waals surface area contributed by atoms with Gasteiger partial charge in [-0.05, 0) is 44.9 Å². The maximum Gasteiger partial charge on any atom is 0.387 e. The van der Waals surface area contributed by atoms with Gasteiger partial charge >= 0.3 is 12.6 Å². The average Bonchev–Trinajstić information content (AvgIpc) is 2.78. The molecule has 27 heavy (non-hydrogen) atoms. The number of rotatable bonds is 7. The smallest absolute Gasteiger partial charge is 0.387 e. The van der Waals surface area contributed by atoms with Crippen molar-refractivity contribution in [3.8, 4) is 5.75 Å². The van der Waals surface area contributed by atoms with Crippen molar-refractivity contribution in [2.45, 2.75) is 51.8 Å². The van der Waals surface area contributed by atoms with E-state index in [1.54, 1.807) is 0 Å². The monoisotopic (exact) mass is 383 g/mol. The van der Waals surface area contributed by atoms with Gasteiger partial charge in [-0.25, -0.2) is 4.79 Å². The van der Waals surface area contributed by atoms with Crippen LogP contribution < -0.4 is 15.4 Å². The van der Waals surface area contributed by atoms with Crippen LogP contribution in [-0.4, -0.2) is 41.4 Å². The molecule has 1 aliphatic rings. The van der Waals surface area contributed by atoms with E-state index < -0.39 is 42.1 Å². The summed E-state index contributed by atoms with van der Waals surface area (Å²) in [6, 6.07) is 4.70. The van der Waals surface area contributed by atoms with Gasteiger partial charge in [0.05, 0.1) is 0 Å². The van der Waals surface area contributed by atoms with Crippen LogP contribution in [0.1, 0.15) is 39.7 Å². The molecule has 7 nitrogen and oxygen atoms in total. The van der Waals surface area contributed by atoms with Gasteiger partial charge in [-0.15, -0.1) is 0 Å². The topological polar surface area (TPSA) is 87.7 Å². The summed E-state index contributed by atoms with van der Waals surface area (Å²) in [7, 11) is 0. The first-order valence-electron chi connectivity index (χ1n) is 8.49. The Morgan fingerprint density at radius 1 is 1.30 bits per heavy atom. The molecular formula is C18H23F2N3O4. The molecular weight excluding hydrogens is 360 g/mol. The molecule has 1 aromatic carbocycles. The van der Waals surface area contributed by atoms with E-state index in [9.17, 15) is 23.2 Å². The molecule has 4 amide bonds. The zero-order valence-corrected chi connectivity index (χ0v) is 15.6. The molecule has 2 N–H and O–H groups in total. The molecule has 0 unspecified atom stereocenters. The van der Waals surface area contributed by atoms with E-state index in [-0.39, 0.29) is 5.75 Å². The van der Waals surface area contributed by atoms with E-state index in [4.69, 9.17) is 0 Å². The Balaban J connectivity index is 2.15. The second kappa shape index (κ2) is 7.50. The highest BCUT2D eigenvalue weighted by molar-refractivity contribution is 6.09. The first kappa shape index (κ1) is 20.6. The summed E-state index contributed by atoms with van der Waals surface area (Å²) in [5.74, 6) is -1.11. The van der Waals surface area contributed by atoms with Crippen molar-refractivity contribution in [3.63, 3.8) is 0 Å². The lowest BCUT2D eigenvalue weighted by Crippen LogP contribution is -2.49. The number of nitrogens with one attached hydrogen (secondary N) is 2. The Labute approximate surface area is 156 Å². The van der Waals surface area contributed by atoms with E-state index in [0.29, 0.717) is 12.0 Å². The van der Waals surface area contributed by atoms with Gasteiger partial charge in [-0.1, -0.05) is 19.1 Å². The third kappa shape index (κ3) is 4.53. The summed E-state index contributed by atoms with van der Waals surface area (Å²) in [6.45, 7) is 3.71. The van der Waals surface area contributed by atoms with E-state index in [1.165, 1.54) is 31.2 Å². The van der Waals surface area contributed by atoms with Gasteiger partial charge in [0.25, 0.3) is 5.91 Å². The number of ether oxygens (including phenoxy) is 1. The summed E-state index contributed by atoms with van der Waals surface area (Å²) >= 11 is 0. The van der Waals surface area contributed by atoms with Crippen LogP contribution in [0.25, 0.3) is 0 Å². The number of hydrogen-bond acceptors (Lipinski definition) is 4. The third-order valence-electron chi connectivity index (χ3n) is 4.60. The molecule has 1 heterocycles. The maximum atomic E-state index is 12.8. The number of alkyl halides is 2. The third-order valence-corrected chi connectivity index (χ3v) is 4.60. The molecule has 1 aromatic rings. The van der Waals surface area contributed by atoms with Gasteiger partial charge in [0.15, 0.2) is 0 Å². The first-order chi connectivity index (χ1) is 12.5. The first-order valence-corrected chi connectivity index (χ1v) is 8.49. The normalized spacial score (nSPS) is 20.0. The minimum absolute atomic E-state index is 0.0628. The predicted octanol–water partition coefficient (Wildman–Crippen LogP) is 2.36. The molecule has 0 saturated carbocycles. The number of benzene rings is 1. The van der Waals surface area contributed by atoms with Gasteiger partial charge in [0.1, 0.15) is 17.8 Å². The minimum atomic E-state index is -2.96. The van der Waals surface area contributed by atoms with Crippen molar-refractivity contribution >= 4 is 17.8 Å². The number of carbonyl (C=O) groups is 3. The Hall–Kier alpha value is -2.71. The SMILES string of the molecule is CCC(C)(C)NC(=O)CN1C(=O)N[C@@](C)(c2ccc(OC(F)F)cc2)C1=O. The van der Waals surface area contributed by atoms with Gasteiger partial charge in [0, 0.05) is 5.54 Å². The fourth-order valence-corrected chi connectivity index (χ4v) is 2.65. The van der Waals surface area contributed by atoms with Crippen molar-refractivity contribution in [1.82, 2.24) is 15.5 Å². The van der Waals surface area contributed by atoms with Gasteiger partial charge in [-0.3, -0.25) is 14.5 Å². The number of urea groups is 1. The highest BCUT2D eigenvalue weighted by Crippen LogP contribution is 2.30. The molecule has 2 rings (SSSR count). The molecule has 148 valence electrons. The molecule has 0 radical (unpaired) electrons. The fraction of sp³-hybridized carbons (Fsp3) is 0.500. The van der Waals surface area contributed by atoms with Crippen molar-refractivity contribution in [2.75, 3.05) is 6.54 Å². The summed E-state index contributed by atoms with van der Waals surface area (Å²) in [4.78, 5) is 38.1. The van der Waals surface area contributed by atoms with E-state index in [1.807, 2.05) is 20.8 Å². The standard InChI is InChI=1S/C18H23F2N3O4/c1-5-17(2,3)21-13(24)10-23-14(25)18(4,22-16(23)26)11-6-8-12(9-7-11)27-15(19)20/h6-9,15H,5,10H2,1-4H3,(H,21,24)(H,22,26)/t18-/m0/s1. The maximum absolute atomic E-state index is 12.8. The summed E-state index contributed by atoms with van der Waals surface area (Å²) in [5, 5.41) is 5.32. The number of amides is 4. The molecule has 1 atom stereocenters. The van der Waals surface area contributed by atoms with E-state index >= 15 is 0 Å². The van der Waals surface area contributed by atoms with Crippen LogP contribution >= 0.6 is 0 Å².